The molecule has 0 bridgehead atoms. The van der Waals surface area contributed by atoms with Crippen molar-refractivity contribution in [2.75, 3.05) is 7.11 Å². The molecule has 2 aromatic heterocycles. The molecule has 2 heterocycles. The first kappa shape index (κ1) is 20.7. The van der Waals surface area contributed by atoms with Crippen molar-refractivity contribution >= 4 is 23.2 Å². The van der Waals surface area contributed by atoms with Crippen LogP contribution in [-0.2, 0) is 11.3 Å². The number of carbonyl (C=O) groups is 1. The van der Waals surface area contributed by atoms with Crippen LogP contribution < -0.4 is 15.0 Å². The Morgan fingerprint density at radius 2 is 2.00 bits per heavy atom. The van der Waals surface area contributed by atoms with Crippen molar-refractivity contribution in [3.63, 3.8) is 0 Å². The third-order valence-electron chi connectivity index (χ3n) is 4.03. The summed E-state index contributed by atoms with van der Waals surface area (Å²) in [4.78, 5) is 29.1. The number of halogens is 1. The van der Waals surface area contributed by atoms with Crippen LogP contribution in [0.5, 0.6) is 11.5 Å². The molecule has 0 amide bonds. The summed E-state index contributed by atoms with van der Waals surface area (Å²) in [5, 5.41) is 0.238. The number of pyridine rings is 1. The highest BCUT2D eigenvalue weighted by atomic mass is 35.5. The Morgan fingerprint density at radius 1 is 1.24 bits per heavy atom. The minimum absolute atomic E-state index is 0.110. The van der Waals surface area contributed by atoms with Gasteiger partial charge in [0, 0.05) is 12.3 Å². The van der Waals surface area contributed by atoms with E-state index in [1.54, 1.807) is 12.3 Å². The monoisotopic (exact) mass is 416 g/mol. The van der Waals surface area contributed by atoms with Crippen molar-refractivity contribution in [3.05, 3.63) is 68.7 Å². The van der Waals surface area contributed by atoms with Gasteiger partial charge in [-0.05, 0) is 44.5 Å². The molecule has 0 aliphatic rings. The topological polar surface area (TPSA) is 79.1 Å². The first-order valence-corrected chi connectivity index (χ1v) is 9.36. The number of carbonyl (C=O) groups excluding carboxylic acids is 1. The molecule has 29 heavy (non-hydrogen) atoms. The fraction of sp³-hybridized carbons (Fsp3) is 0.286. The molecule has 0 aliphatic heterocycles. The van der Waals surface area contributed by atoms with Gasteiger partial charge in [0.15, 0.2) is 11.5 Å². The molecule has 0 aliphatic carbocycles. The van der Waals surface area contributed by atoms with E-state index in [4.69, 9.17) is 25.8 Å². The van der Waals surface area contributed by atoms with Crippen LogP contribution in [-0.4, -0.2) is 28.6 Å². The number of benzene rings is 1. The zero-order chi connectivity index (χ0) is 21.1. The summed E-state index contributed by atoms with van der Waals surface area (Å²) >= 11 is 6.25. The Hall–Kier alpha value is -3.06. The van der Waals surface area contributed by atoms with Crippen molar-refractivity contribution in [2.45, 2.75) is 33.5 Å². The number of esters is 1. The van der Waals surface area contributed by atoms with Gasteiger partial charge in [-0.15, -0.1) is 0 Å². The lowest BCUT2D eigenvalue weighted by atomic mass is 10.2. The molecule has 3 aromatic rings. The van der Waals surface area contributed by atoms with E-state index in [2.05, 4.69) is 4.98 Å². The normalized spacial score (nSPS) is 11.0. The van der Waals surface area contributed by atoms with Gasteiger partial charge >= 0.3 is 5.97 Å². The number of aryl methyl sites for hydroxylation is 1. The fourth-order valence-corrected chi connectivity index (χ4v) is 3.00. The molecule has 0 saturated heterocycles. The molecule has 0 radical (unpaired) electrons. The van der Waals surface area contributed by atoms with Crippen LogP contribution >= 0.6 is 11.6 Å². The lowest BCUT2D eigenvalue weighted by Gasteiger charge is -2.16. The van der Waals surface area contributed by atoms with E-state index in [1.165, 1.54) is 29.7 Å². The first-order valence-electron chi connectivity index (χ1n) is 8.98. The highest BCUT2D eigenvalue weighted by Crippen LogP contribution is 2.37. The van der Waals surface area contributed by atoms with Crippen molar-refractivity contribution in [1.82, 2.24) is 9.38 Å². The highest BCUT2D eigenvalue weighted by Gasteiger charge is 2.18. The van der Waals surface area contributed by atoms with Crippen molar-refractivity contribution in [3.8, 4) is 11.5 Å². The van der Waals surface area contributed by atoms with Gasteiger partial charge in [-0.1, -0.05) is 17.7 Å². The summed E-state index contributed by atoms with van der Waals surface area (Å²) in [5.41, 5.74) is 1.73. The van der Waals surface area contributed by atoms with E-state index >= 15 is 0 Å². The van der Waals surface area contributed by atoms with Gasteiger partial charge in [0.25, 0.3) is 5.56 Å². The molecule has 0 spiro atoms. The maximum Gasteiger partial charge on any atom is 0.338 e. The maximum atomic E-state index is 12.5. The molecule has 0 fully saturated rings. The minimum Gasteiger partial charge on any atom is -0.493 e. The van der Waals surface area contributed by atoms with Gasteiger partial charge in [0.1, 0.15) is 12.3 Å². The lowest BCUT2D eigenvalue weighted by molar-refractivity contribution is 0.0467. The van der Waals surface area contributed by atoms with E-state index in [0.29, 0.717) is 22.8 Å². The number of hydrogen-bond donors (Lipinski definition) is 0. The number of rotatable bonds is 6. The largest absolute Gasteiger partial charge is 0.493 e. The number of nitrogens with zero attached hydrogens (tertiary/aromatic N) is 2. The number of hydrogen-bond acceptors (Lipinski definition) is 6. The predicted molar refractivity (Wildman–Crippen MR) is 109 cm³/mol. The van der Waals surface area contributed by atoms with E-state index in [-0.39, 0.29) is 28.9 Å². The lowest BCUT2D eigenvalue weighted by Crippen LogP contribution is -2.17. The Bertz CT molecular complexity index is 1120. The van der Waals surface area contributed by atoms with Crippen LogP contribution in [0.15, 0.2) is 41.3 Å². The van der Waals surface area contributed by atoms with E-state index in [0.717, 1.165) is 5.56 Å². The minimum atomic E-state index is -0.618. The van der Waals surface area contributed by atoms with Crippen molar-refractivity contribution in [2.24, 2.45) is 0 Å². The zero-order valence-electron chi connectivity index (χ0n) is 16.6. The standard InChI is InChI=1S/C21H21ClN2O5/c1-12(2)29-20-16(22)7-14(8-17(20)27-4)21(26)28-11-15-9-19(25)24-10-13(3)5-6-18(24)23-15/h5-10,12H,11H2,1-4H3. The molecule has 1 aromatic carbocycles. The molecule has 8 heteroatoms. The maximum absolute atomic E-state index is 12.5. The van der Waals surface area contributed by atoms with Gasteiger partial charge in [0.05, 0.1) is 29.5 Å². The SMILES string of the molecule is COc1cc(C(=O)OCc2cc(=O)n3cc(C)ccc3n2)cc(Cl)c1OC(C)C. The molecule has 3 rings (SSSR count). The summed E-state index contributed by atoms with van der Waals surface area (Å²) < 4.78 is 17.7. The second-order valence-electron chi connectivity index (χ2n) is 6.75. The molecular formula is C21H21ClN2O5. The van der Waals surface area contributed by atoms with Gasteiger partial charge in [-0.3, -0.25) is 9.20 Å². The average Bonchev–Trinajstić information content (AvgIpc) is 2.67. The summed E-state index contributed by atoms with van der Waals surface area (Å²) in [6.45, 7) is 5.46. The molecule has 152 valence electrons. The second kappa shape index (κ2) is 8.53. The number of ether oxygens (including phenoxy) is 3. The Balaban J connectivity index is 1.80. The highest BCUT2D eigenvalue weighted by molar-refractivity contribution is 6.32. The zero-order valence-corrected chi connectivity index (χ0v) is 17.3. The summed E-state index contributed by atoms with van der Waals surface area (Å²) in [5.74, 6) is 0.0722. The van der Waals surface area contributed by atoms with Crippen molar-refractivity contribution in [1.29, 1.82) is 0 Å². The summed E-state index contributed by atoms with van der Waals surface area (Å²) in [6.07, 6.45) is 1.59. The van der Waals surface area contributed by atoms with Crippen LogP contribution in [0.2, 0.25) is 5.02 Å². The summed E-state index contributed by atoms with van der Waals surface area (Å²) in [6, 6.07) is 7.88. The van der Waals surface area contributed by atoms with E-state index in [1.807, 2.05) is 26.8 Å². The first-order chi connectivity index (χ1) is 13.8. The third-order valence-corrected chi connectivity index (χ3v) is 4.31. The van der Waals surface area contributed by atoms with Crippen LogP contribution in [0.4, 0.5) is 0 Å². The molecule has 7 nitrogen and oxygen atoms in total. The fourth-order valence-electron chi connectivity index (χ4n) is 2.74. The number of aromatic nitrogens is 2. The van der Waals surface area contributed by atoms with Crippen LogP contribution in [0, 0.1) is 6.92 Å². The quantitative estimate of drug-likeness (QED) is 0.568. The van der Waals surface area contributed by atoms with E-state index in [9.17, 15) is 9.59 Å². The predicted octanol–water partition coefficient (Wildman–Crippen LogP) is 3.81. The van der Waals surface area contributed by atoms with Crippen LogP contribution in [0.1, 0.15) is 35.5 Å². The molecular weight excluding hydrogens is 396 g/mol. The molecule has 0 N–H and O–H groups in total. The van der Waals surface area contributed by atoms with Gasteiger partial charge in [0.2, 0.25) is 0 Å². The van der Waals surface area contributed by atoms with Gasteiger partial charge in [-0.2, -0.15) is 0 Å². The molecule has 0 atom stereocenters. The smallest absolute Gasteiger partial charge is 0.338 e. The Morgan fingerprint density at radius 3 is 2.69 bits per heavy atom. The Labute approximate surface area is 172 Å². The Kier molecular flexibility index (Phi) is 6.08. The molecule has 0 unspecified atom stereocenters. The van der Waals surface area contributed by atoms with Gasteiger partial charge < -0.3 is 14.2 Å². The third kappa shape index (κ3) is 4.68. The second-order valence-corrected chi connectivity index (χ2v) is 7.16. The summed E-state index contributed by atoms with van der Waals surface area (Å²) in [7, 11) is 1.46. The van der Waals surface area contributed by atoms with E-state index < -0.39 is 5.97 Å². The number of methoxy groups -OCH3 is 1. The average molecular weight is 417 g/mol. The van der Waals surface area contributed by atoms with Gasteiger partial charge in [-0.25, -0.2) is 9.78 Å². The van der Waals surface area contributed by atoms with Crippen LogP contribution in [0.3, 0.4) is 0 Å². The number of fused-ring (bicyclic) bond motifs is 1. The molecule has 0 saturated carbocycles. The van der Waals surface area contributed by atoms with Crippen molar-refractivity contribution < 1.29 is 19.0 Å². The van der Waals surface area contributed by atoms with Crippen LogP contribution in [0.25, 0.3) is 5.65 Å².